The van der Waals surface area contributed by atoms with Crippen molar-refractivity contribution in [2.75, 3.05) is 11.9 Å². The second-order valence-corrected chi connectivity index (χ2v) is 3.96. The minimum absolute atomic E-state index is 0.0517. The number of carbonyl (C=O) groups is 1. The van der Waals surface area contributed by atoms with Crippen LogP contribution in [0.15, 0.2) is 24.3 Å². The van der Waals surface area contributed by atoms with E-state index in [4.69, 9.17) is 0 Å². The number of para-hydroxylation sites is 1. The van der Waals surface area contributed by atoms with Gasteiger partial charge in [0.05, 0.1) is 5.52 Å². The number of benzene rings is 1. The molecule has 0 aliphatic carbocycles. The number of nitrogens with one attached hydrogen (secondary N) is 1. The van der Waals surface area contributed by atoms with Crippen molar-refractivity contribution in [2.24, 2.45) is 0 Å². The molecule has 0 bridgehead atoms. The average Bonchev–Trinajstić information content (AvgIpc) is 2.37. The first kappa shape index (κ1) is 14.0. The van der Waals surface area contributed by atoms with Gasteiger partial charge >= 0.3 is 6.18 Å². The summed E-state index contributed by atoms with van der Waals surface area (Å²) in [6.07, 6.45) is -5.01. The van der Waals surface area contributed by atoms with Gasteiger partial charge in [0, 0.05) is 24.3 Å². The maximum atomic E-state index is 12.7. The molecule has 20 heavy (non-hydrogen) atoms. The Bertz CT molecular complexity index is 643. The third-order valence-electron chi connectivity index (χ3n) is 2.48. The van der Waals surface area contributed by atoms with Crippen LogP contribution >= 0.6 is 0 Å². The van der Waals surface area contributed by atoms with Crippen molar-refractivity contribution in [2.45, 2.75) is 12.6 Å². The lowest BCUT2D eigenvalue weighted by Gasteiger charge is -2.12. The van der Waals surface area contributed by atoms with Crippen LogP contribution in [0.4, 0.5) is 19.0 Å². The van der Waals surface area contributed by atoms with E-state index in [9.17, 15) is 23.1 Å². The van der Waals surface area contributed by atoms with E-state index in [-0.39, 0.29) is 24.3 Å². The van der Waals surface area contributed by atoms with Gasteiger partial charge in [0.2, 0.25) is 5.82 Å². The highest BCUT2D eigenvalue weighted by atomic mass is 19.4. The molecule has 2 aromatic rings. The summed E-state index contributed by atoms with van der Waals surface area (Å²) in [6.45, 7) is -0.0827. The van der Waals surface area contributed by atoms with Gasteiger partial charge in [0.15, 0.2) is 0 Å². The molecule has 0 unspecified atom stereocenters. The zero-order chi connectivity index (χ0) is 14.8. The van der Waals surface area contributed by atoms with Gasteiger partial charge in [-0.25, -0.2) is 9.97 Å². The summed E-state index contributed by atoms with van der Waals surface area (Å²) in [5.74, 6) is -2.62. The molecule has 0 fully saturated rings. The minimum atomic E-state index is -4.67. The Labute approximate surface area is 111 Å². The lowest BCUT2D eigenvalue weighted by atomic mass is 10.2. The number of aromatic nitrogens is 2. The van der Waals surface area contributed by atoms with Crippen LogP contribution in [0.5, 0.6) is 0 Å². The van der Waals surface area contributed by atoms with Gasteiger partial charge in [-0.1, -0.05) is 12.1 Å². The molecule has 0 saturated carbocycles. The number of carboxylic acids is 1. The fourth-order valence-corrected chi connectivity index (χ4v) is 1.62. The van der Waals surface area contributed by atoms with Crippen molar-refractivity contribution in [3.8, 4) is 0 Å². The summed E-state index contributed by atoms with van der Waals surface area (Å²) in [5, 5.41) is 13.3. The lowest BCUT2D eigenvalue weighted by molar-refractivity contribution is -0.305. The van der Waals surface area contributed by atoms with Crippen LogP contribution in [0, 0.1) is 0 Å². The number of alkyl halides is 3. The maximum absolute atomic E-state index is 12.7. The van der Waals surface area contributed by atoms with E-state index in [0.29, 0.717) is 5.39 Å². The summed E-state index contributed by atoms with van der Waals surface area (Å²) in [5.41, 5.74) is 0.130. The van der Waals surface area contributed by atoms with Gasteiger partial charge in [-0.05, 0) is 12.1 Å². The van der Waals surface area contributed by atoms with Gasteiger partial charge in [0.1, 0.15) is 5.82 Å². The molecule has 0 saturated heterocycles. The van der Waals surface area contributed by atoms with Crippen LogP contribution in [0.2, 0.25) is 0 Å². The smallest absolute Gasteiger partial charge is 0.451 e. The summed E-state index contributed by atoms with van der Waals surface area (Å²) >= 11 is 0. The highest BCUT2D eigenvalue weighted by Crippen LogP contribution is 2.30. The van der Waals surface area contributed by atoms with Crippen LogP contribution in [0.1, 0.15) is 12.2 Å². The molecule has 0 amide bonds. The predicted molar refractivity (Wildman–Crippen MR) is 62.7 cm³/mol. The normalized spacial score (nSPS) is 11.6. The second-order valence-electron chi connectivity index (χ2n) is 3.96. The third kappa shape index (κ3) is 3.14. The summed E-state index contributed by atoms with van der Waals surface area (Å²) in [4.78, 5) is 17.2. The molecule has 0 spiro atoms. The van der Waals surface area contributed by atoms with Crippen LogP contribution in [-0.4, -0.2) is 22.5 Å². The Hall–Kier alpha value is -2.38. The summed E-state index contributed by atoms with van der Waals surface area (Å²) in [6, 6.07) is 6.16. The van der Waals surface area contributed by atoms with Crippen LogP contribution in [0.3, 0.4) is 0 Å². The molecule has 1 heterocycles. The van der Waals surface area contributed by atoms with Crippen molar-refractivity contribution in [1.82, 2.24) is 9.97 Å². The van der Waals surface area contributed by atoms with E-state index in [1.165, 1.54) is 6.07 Å². The minimum Gasteiger partial charge on any atom is -0.550 e. The molecule has 1 N–H and O–H groups in total. The van der Waals surface area contributed by atoms with Gasteiger partial charge in [-0.15, -0.1) is 0 Å². The number of carboxylic acid groups (broad SMARTS) is 1. The highest BCUT2D eigenvalue weighted by Gasteiger charge is 2.35. The molecule has 1 aromatic heterocycles. The first-order valence-corrected chi connectivity index (χ1v) is 5.65. The number of aliphatic carboxylic acids is 1. The van der Waals surface area contributed by atoms with Crippen molar-refractivity contribution in [3.05, 3.63) is 30.1 Å². The Balaban J connectivity index is 2.41. The molecule has 0 atom stereocenters. The van der Waals surface area contributed by atoms with Crippen molar-refractivity contribution in [1.29, 1.82) is 0 Å². The van der Waals surface area contributed by atoms with E-state index >= 15 is 0 Å². The molecular weight excluding hydrogens is 275 g/mol. The van der Waals surface area contributed by atoms with Crippen LogP contribution < -0.4 is 10.4 Å². The summed E-state index contributed by atoms with van der Waals surface area (Å²) in [7, 11) is 0. The van der Waals surface area contributed by atoms with E-state index in [1.807, 2.05) is 0 Å². The Morgan fingerprint density at radius 3 is 2.60 bits per heavy atom. The second kappa shape index (κ2) is 5.32. The number of halogens is 3. The third-order valence-corrected chi connectivity index (χ3v) is 2.48. The SMILES string of the molecule is O=C([O-])CCNc1nc(C(F)(F)F)nc2ccccc12. The van der Waals surface area contributed by atoms with Crippen LogP contribution in [-0.2, 0) is 11.0 Å². The zero-order valence-corrected chi connectivity index (χ0v) is 10.1. The molecule has 106 valence electrons. The number of fused-ring (bicyclic) bond motifs is 1. The van der Waals surface area contributed by atoms with E-state index in [0.717, 1.165) is 0 Å². The fraction of sp³-hybridized carbons (Fsp3) is 0.250. The fourth-order valence-electron chi connectivity index (χ4n) is 1.62. The van der Waals surface area contributed by atoms with Crippen LogP contribution in [0.25, 0.3) is 10.9 Å². The quantitative estimate of drug-likeness (QED) is 0.912. The van der Waals surface area contributed by atoms with Gasteiger partial charge in [-0.3, -0.25) is 0 Å². The molecule has 0 radical (unpaired) electrons. The predicted octanol–water partition coefficient (Wildman–Crippen LogP) is 1.20. The lowest BCUT2D eigenvalue weighted by Crippen LogP contribution is -2.25. The highest BCUT2D eigenvalue weighted by molar-refractivity contribution is 5.89. The van der Waals surface area contributed by atoms with Gasteiger partial charge in [-0.2, -0.15) is 13.2 Å². The van der Waals surface area contributed by atoms with Crippen molar-refractivity contribution < 1.29 is 23.1 Å². The number of hydrogen-bond acceptors (Lipinski definition) is 5. The van der Waals surface area contributed by atoms with Gasteiger partial charge in [0.25, 0.3) is 0 Å². The first-order chi connectivity index (χ1) is 9.38. The maximum Gasteiger partial charge on any atom is 0.451 e. The number of carbonyl (C=O) groups excluding carboxylic acids is 1. The number of rotatable bonds is 4. The number of nitrogens with zero attached hydrogens (tertiary/aromatic N) is 2. The molecule has 0 aliphatic rings. The molecule has 0 aliphatic heterocycles. The topological polar surface area (TPSA) is 77.9 Å². The monoisotopic (exact) mass is 284 g/mol. The molecule has 5 nitrogen and oxygen atoms in total. The molecular formula is C12H9F3N3O2-. The van der Waals surface area contributed by atoms with Crippen molar-refractivity contribution in [3.63, 3.8) is 0 Å². The average molecular weight is 284 g/mol. The summed E-state index contributed by atoms with van der Waals surface area (Å²) < 4.78 is 38.1. The first-order valence-electron chi connectivity index (χ1n) is 5.65. The van der Waals surface area contributed by atoms with E-state index in [1.54, 1.807) is 18.2 Å². The molecule has 1 aromatic carbocycles. The van der Waals surface area contributed by atoms with E-state index in [2.05, 4.69) is 15.3 Å². The van der Waals surface area contributed by atoms with Crippen molar-refractivity contribution >= 4 is 22.7 Å². The Morgan fingerprint density at radius 1 is 1.25 bits per heavy atom. The molecule has 2 rings (SSSR count). The van der Waals surface area contributed by atoms with Gasteiger partial charge < -0.3 is 15.2 Å². The Kier molecular flexibility index (Phi) is 3.73. The number of anilines is 1. The molecule has 8 heteroatoms. The number of hydrogen-bond donors (Lipinski definition) is 1. The van der Waals surface area contributed by atoms with E-state index < -0.39 is 18.0 Å². The largest absolute Gasteiger partial charge is 0.550 e. The zero-order valence-electron chi connectivity index (χ0n) is 10.1. The standard InChI is InChI=1S/C12H10F3N3O2/c13-12(14,15)11-17-8-4-2-1-3-7(8)10(18-11)16-6-5-9(19)20/h1-4H,5-6H2,(H,19,20)(H,16,17,18)/p-1. The Morgan fingerprint density at radius 2 is 1.95 bits per heavy atom.